The summed E-state index contributed by atoms with van der Waals surface area (Å²) in [5.74, 6) is 0. The zero-order valence-electron chi connectivity index (χ0n) is 10.4. The number of hydrogen-bond acceptors (Lipinski definition) is 4. The van der Waals surface area contributed by atoms with Crippen LogP contribution in [0.1, 0.15) is 19.8 Å². The first-order valence-electron chi connectivity index (χ1n) is 6.38. The van der Waals surface area contributed by atoms with Crippen LogP contribution in [0.25, 0.3) is 0 Å². The van der Waals surface area contributed by atoms with Gasteiger partial charge in [-0.05, 0) is 19.8 Å². The van der Waals surface area contributed by atoms with Gasteiger partial charge in [0.1, 0.15) is 31.2 Å². The summed E-state index contributed by atoms with van der Waals surface area (Å²) in [6.45, 7) is 5.44. The molecule has 96 valence electrons. The van der Waals surface area contributed by atoms with Gasteiger partial charge in [0.15, 0.2) is 0 Å². The summed E-state index contributed by atoms with van der Waals surface area (Å²) >= 11 is 0. The number of quaternary nitrogens is 1. The predicted molar refractivity (Wildman–Crippen MR) is 66.3 cm³/mol. The highest BCUT2D eigenvalue weighted by atomic mass is 16.5. The van der Waals surface area contributed by atoms with Gasteiger partial charge in [0.05, 0.1) is 6.61 Å². The first-order chi connectivity index (χ1) is 8.28. The first-order valence-corrected chi connectivity index (χ1v) is 6.38. The van der Waals surface area contributed by atoms with Crippen molar-refractivity contribution in [2.24, 2.45) is 5.10 Å². The van der Waals surface area contributed by atoms with Gasteiger partial charge in [-0.3, -0.25) is 0 Å². The molecule has 1 saturated heterocycles. The number of nitrogens with one attached hydrogen (secondary N) is 1. The fourth-order valence-corrected chi connectivity index (χ4v) is 2.28. The van der Waals surface area contributed by atoms with Crippen molar-refractivity contribution >= 4 is 6.21 Å². The Bertz CT molecular complexity index is 311. The highest BCUT2D eigenvalue weighted by Gasteiger charge is 2.28. The molecule has 0 amide bonds. The first kappa shape index (κ1) is 12.5. The van der Waals surface area contributed by atoms with Gasteiger partial charge >= 0.3 is 0 Å². The van der Waals surface area contributed by atoms with E-state index in [0.29, 0.717) is 17.2 Å². The molecule has 1 atom stereocenters. The van der Waals surface area contributed by atoms with Gasteiger partial charge in [0, 0.05) is 19.3 Å². The lowest BCUT2D eigenvalue weighted by Gasteiger charge is -2.24. The number of allylic oxidation sites excluding steroid dienone is 1. The molecule has 2 aliphatic rings. The topological polar surface area (TPSA) is 53.8 Å². The maximum atomic E-state index is 9.07. The van der Waals surface area contributed by atoms with Crippen molar-refractivity contribution in [2.75, 3.05) is 32.9 Å². The third-order valence-electron chi connectivity index (χ3n) is 3.43. The molecule has 0 spiro atoms. The van der Waals surface area contributed by atoms with E-state index in [2.05, 4.69) is 23.5 Å². The Kier molecular flexibility index (Phi) is 4.15. The van der Waals surface area contributed by atoms with Crippen molar-refractivity contribution in [1.29, 1.82) is 0 Å². The Hall–Kier alpha value is -0.910. The smallest absolute Gasteiger partial charge is 0.148 e. The highest BCUT2D eigenvalue weighted by Crippen LogP contribution is 2.17. The highest BCUT2D eigenvalue weighted by molar-refractivity contribution is 5.78. The fraction of sp³-hybridized carbons (Fsp3) is 0.750. The quantitative estimate of drug-likeness (QED) is 0.685. The molecule has 2 rings (SSSR count). The van der Waals surface area contributed by atoms with Crippen molar-refractivity contribution in [3.05, 3.63) is 11.9 Å². The van der Waals surface area contributed by atoms with Crippen LogP contribution in [0.4, 0.5) is 0 Å². The third kappa shape index (κ3) is 3.06. The van der Waals surface area contributed by atoms with Crippen LogP contribution in [0.2, 0.25) is 0 Å². The van der Waals surface area contributed by atoms with E-state index >= 15 is 0 Å². The summed E-state index contributed by atoms with van der Waals surface area (Å²) in [5, 5.41) is 17.1. The lowest BCUT2D eigenvalue weighted by atomic mass is 10.1. The molecule has 0 saturated carbocycles. The Labute approximate surface area is 102 Å². The van der Waals surface area contributed by atoms with E-state index in [0.717, 1.165) is 38.3 Å². The molecule has 0 bridgehead atoms. The molecule has 5 nitrogen and oxygen atoms in total. The summed E-state index contributed by atoms with van der Waals surface area (Å²) in [5.41, 5.74) is 1.08. The van der Waals surface area contributed by atoms with E-state index in [1.165, 1.54) is 0 Å². The largest absolute Gasteiger partial charge is 0.390 e. The van der Waals surface area contributed by atoms with Gasteiger partial charge in [-0.15, -0.1) is 0 Å². The zero-order chi connectivity index (χ0) is 12.1. The standard InChI is InChI=1S/C12H22N3O2/c1-2-15(5-6-16)10-12(9-13-15)14-11-3-7-17-8-4-11/h9-11,14,16H,2-8H2,1H3/q+1. The van der Waals surface area contributed by atoms with Crippen molar-refractivity contribution in [1.82, 2.24) is 5.32 Å². The molecular weight excluding hydrogens is 218 g/mol. The van der Waals surface area contributed by atoms with Gasteiger partial charge in [0.2, 0.25) is 0 Å². The number of hydrogen-bond donors (Lipinski definition) is 2. The van der Waals surface area contributed by atoms with Gasteiger partial charge in [-0.25, -0.2) is 0 Å². The monoisotopic (exact) mass is 240 g/mol. The van der Waals surface area contributed by atoms with Crippen LogP contribution >= 0.6 is 0 Å². The SMILES string of the molecule is CC[N+]1(CCO)C=C(NC2CCOCC2)C=N1. The predicted octanol–water partition coefficient (Wildman–Crippen LogP) is 0.425. The Morgan fingerprint density at radius 3 is 2.94 bits per heavy atom. The molecule has 2 heterocycles. The van der Waals surface area contributed by atoms with E-state index in [9.17, 15) is 0 Å². The lowest BCUT2D eigenvalue weighted by Crippen LogP contribution is -2.39. The number of nitrogens with zero attached hydrogens (tertiary/aromatic N) is 2. The van der Waals surface area contributed by atoms with Crippen LogP contribution in [0.3, 0.4) is 0 Å². The van der Waals surface area contributed by atoms with Gasteiger partial charge in [-0.2, -0.15) is 4.59 Å². The average Bonchev–Trinajstić information content (AvgIpc) is 2.75. The molecule has 0 aliphatic carbocycles. The Morgan fingerprint density at radius 1 is 1.53 bits per heavy atom. The second-order valence-electron chi connectivity index (χ2n) is 4.61. The number of ether oxygens (including phenoxy) is 1. The second-order valence-corrected chi connectivity index (χ2v) is 4.61. The van der Waals surface area contributed by atoms with Crippen LogP contribution in [-0.4, -0.2) is 54.9 Å². The third-order valence-corrected chi connectivity index (χ3v) is 3.43. The van der Waals surface area contributed by atoms with Crippen molar-refractivity contribution in [3.8, 4) is 0 Å². The van der Waals surface area contributed by atoms with Crippen LogP contribution < -0.4 is 5.32 Å². The molecular formula is C12H22N3O2+. The second kappa shape index (κ2) is 5.62. The molecule has 17 heavy (non-hydrogen) atoms. The van der Waals surface area contributed by atoms with Gasteiger partial charge in [0.25, 0.3) is 0 Å². The molecule has 0 radical (unpaired) electrons. The van der Waals surface area contributed by atoms with Crippen molar-refractivity contribution in [2.45, 2.75) is 25.8 Å². The number of rotatable bonds is 5. The maximum Gasteiger partial charge on any atom is 0.148 e. The summed E-state index contributed by atoms with van der Waals surface area (Å²) < 4.78 is 5.84. The van der Waals surface area contributed by atoms with Crippen LogP contribution in [0.5, 0.6) is 0 Å². The summed E-state index contributed by atoms with van der Waals surface area (Å²) in [6.07, 6.45) is 6.09. The average molecular weight is 240 g/mol. The lowest BCUT2D eigenvalue weighted by molar-refractivity contribution is -0.882. The molecule has 0 aromatic rings. The molecule has 5 heteroatoms. The van der Waals surface area contributed by atoms with E-state index in [1.807, 2.05) is 6.21 Å². The number of aliphatic hydroxyl groups excluding tert-OH is 1. The normalized spacial score (nSPS) is 29.4. The Balaban J connectivity index is 1.93. The Morgan fingerprint density at radius 2 is 2.29 bits per heavy atom. The minimum Gasteiger partial charge on any atom is -0.390 e. The molecule has 2 aliphatic heterocycles. The summed E-state index contributed by atoms with van der Waals surface area (Å²) in [7, 11) is 0. The van der Waals surface area contributed by atoms with Crippen LogP contribution in [0.15, 0.2) is 17.0 Å². The minimum atomic E-state index is 0.159. The fourth-order valence-electron chi connectivity index (χ4n) is 2.28. The van der Waals surface area contributed by atoms with Gasteiger partial charge < -0.3 is 15.2 Å². The van der Waals surface area contributed by atoms with E-state index in [4.69, 9.17) is 9.84 Å². The molecule has 0 aromatic heterocycles. The summed E-state index contributed by atoms with van der Waals surface area (Å²) in [4.78, 5) is 0. The van der Waals surface area contributed by atoms with Crippen molar-refractivity contribution in [3.63, 3.8) is 0 Å². The van der Waals surface area contributed by atoms with Crippen LogP contribution in [-0.2, 0) is 4.74 Å². The van der Waals surface area contributed by atoms with E-state index in [1.54, 1.807) is 0 Å². The minimum absolute atomic E-state index is 0.159. The van der Waals surface area contributed by atoms with Gasteiger partial charge in [-0.1, -0.05) is 5.10 Å². The summed E-state index contributed by atoms with van der Waals surface area (Å²) in [6, 6.07) is 0.493. The number of likely N-dealkylation sites (N-methyl/N-ethyl adjacent to an activating group) is 1. The van der Waals surface area contributed by atoms with E-state index < -0.39 is 0 Å². The molecule has 0 aromatic carbocycles. The molecule has 1 fully saturated rings. The van der Waals surface area contributed by atoms with E-state index in [-0.39, 0.29) is 6.61 Å². The maximum absolute atomic E-state index is 9.07. The molecule has 2 N–H and O–H groups in total. The zero-order valence-corrected chi connectivity index (χ0v) is 10.4. The molecule has 1 unspecified atom stereocenters. The number of aliphatic hydroxyl groups is 1. The van der Waals surface area contributed by atoms with Crippen LogP contribution in [0, 0.1) is 0 Å². The van der Waals surface area contributed by atoms with Crippen molar-refractivity contribution < 1.29 is 14.4 Å².